The number of anilines is 1. The van der Waals surface area contributed by atoms with E-state index in [1.54, 1.807) is 0 Å². The van der Waals surface area contributed by atoms with E-state index in [1.165, 1.54) is 43.4 Å². The first-order valence-corrected chi connectivity index (χ1v) is 13.6. The molecule has 6 heteroatoms. The van der Waals surface area contributed by atoms with E-state index in [1.807, 2.05) is 42.6 Å². The van der Waals surface area contributed by atoms with Crippen LogP contribution in [0.15, 0.2) is 91.3 Å². The van der Waals surface area contributed by atoms with E-state index >= 15 is 0 Å². The van der Waals surface area contributed by atoms with E-state index in [0.29, 0.717) is 11.2 Å². The Morgan fingerprint density at radius 2 is 1.59 bits per heavy atom. The number of hydrogen-bond acceptors (Lipinski definition) is 3. The van der Waals surface area contributed by atoms with Gasteiger partial charge in [-0.15, -0.1) is 0 Å². The summed E-state index contributed by atoms with van der Waals surface area (Å²) in [5.74, 6) is 1.63. The van der Waals surface area contributed by atoms with Crippen molar-refractivity contribution in [2.24, 2.45) is 0 Å². The van der Waals surface area contributed by atoms with E-state index in [2.05, 4.69) is 70.4 Å². The fourth-order valence-electron chi connectivity index (χ4n) is 5.70. The van der Waals surface area contributed by atoms with Gasteiger partial charge in [-0.25, -0.2) is 0 Å². The third kappa shape index (κ3) is 4.86. The lowest BCUT2D eigenvalue weighted by Crippen LogP contribution is -2.31. The third-order valence-electron chi connectivity index (χ3n) is 7.55. The van der Waals surface area contributed by atoms with Gasteiger partial charge in [0.05, 0.1) is 11.7 Å². The summed E-state index contributed by atoms with van der Waals surface area (Å²) >= 11 is 5.95. The van der Waals surface area contributed by atoms with E-state index in [0.717, 1.165) is 22.9 Å². The van der Waals surface area contributed by atoms with Gasteiger partial charge in [0.2, 0.25) is 0 Å². The molecular formula is C31H32N4OS. The number of aryl methyl sites for hydroxylation is 1. The summed E-state index contributed by atoms with van der Waals surface area (Å²) in [6.45, 7) is 2.07. The molecular weight excluding hydrogens is 476 g/mol. The summed E-state index contributed by atoms with van der Waals surface area (Å²) in [6.07, 6.45) is 10.5. The third-order valence-corrected chi connectivity index (χ3v) is 7.87. The van der Waals surface area contributed by atoms with Crippen LogP contribution in [0.25, 0.3) is 0 Å². The van der Waals surface area contributed by atoms with Crippen LogP contribution < -0.4 is 15.0 Å². The number of aromatic nitrogens is 2. The van der Waals surface area contributed by atoms with Gasteiger partial charge in [0.25, 0.3) is 0 Å². The average Bonchev–Trinajstić information content (AvgIpc) is 3.56. The van der Waals surface area contributed by atoms with Crippen molar-refractivity contribution in [1.29, 1.82) is 0 Å². The Bertz CT molecular complexity index is 1340. The fourth-order valence-corrected chi connectivity index (χ4v) is 6.05. The lowest BCUT2D eigenvalue weighted by atomic mass is 9.94. The molecule has 1 aliphatic carbocycles. The van der Waals surface area contributed by atoms with E-state index < -0.39 is 0 Å². The Balaban J connectivity index is 1.35. The number of rotatable bonds is 6. The Kier molecular flexibility index (Phi) is 6.66. The minimum atomic E-state index is -0.0468. The first kappa shape index (κ1) is 23.7. The standard InChI is InChI=1S/C31H32N4OS/c1-22-12-16-25(17-13-22)36-26-18-14-24(15-19-26)35-30(29(33-31(35)37)27-10-5-6-20-32-27)28-11-7-21-34(28)23-8-3-2-4-9-23/h5-7,10-21,23,29-30H,2-4,8-9H2,1H3,(H,33,37)/t29-,30-/m1/s1. The number of benzene rings is 2. The van der Waals surface area contributed by atoms with Crippen molar-refractivity contribution in [2.45, 2.75) is 57.2 Å². The largest absolute Gasteiger partial charge is 0.457 e. The van der Waals surface area contributed by atoms with Gasteiger partial charge in [-0.2, -0.15) is 0 Å². The van der Waals surface area contributed by atoms with Gasteiger partial charge in [0, 0.05) is 29.8 Å². The normalized spacial score (nSPS) is 20.1. The number of nitrogens with zero attached hydrogens (tertiary/aromatic N) is 3. The van der Waals surface area contributed by atoms with Crippen LogP contribution in [0, 0.1) is 6.92 Å². The molecule has 0 bridgehead atoms. The SMILES string of the molecule is Cc1ccc(Oc2ccc(N3C(=S)N[C@H](c4ccccn4)[C@H]3c3cccn3C3CCCCC3)cc2)cc1. The van der Waals surface area contributed by atoms with Crippen LogP contribution >= 0.6 is 12.2 Å². The first-order valence-electron chi connectivity index (χ1n) is 13.2. The minimum Gasteiger partial charge on any atom is -0.457 e. The van der Waals surface area contributed by atoms with Crippen molar-refractivity contribution in [3.8, 4) is 11.5 Å². The Morgan fingerprint density at radius 1 is 0.865 bits per heavy atom. The average molecular weight is 509 g/mol. The highest BCUT2D eigenvalue weighted by Gasteiger charge is 2.42. The molecule has 188 valence electrons. The van der Waals surface area contributed by atoms with E-state index in [4.69, 9.17) is 21.9 Å². The van der Waals surface area contributed by atoms with Crippen molar-refractivity contribution in [3.63, 3.8) is 0 Å². The van der Waals surface area contributed by atoms with Crippen molar-refractivity contribution in [2.75, 3.05) is 4.90 Å². The molecule has 37 heavy (non-hydrogen) atoms. The van der Waals surface area contributed by atoms with E-state index in [9.17, 15) is 0 Å². The van der Waals surface area contributed by atoms with E-state index in [-0.39, 0.29) is 12.1 Å². The zero-order valence-corrected chi connectivity index (χ0v) is 21.9. The smallest absolute Gasteiger partial charge is 0.174 e. The van der Waals surface area contributed by atoms with Crippen molar-refractivity contribution < 1.29 is 4.74 Å². The molecule has 1 aliphatic heterocycles. The molecule has 1 saturated carbocycles. The first-order chi connectivity index (χ1) is 18.2. The Hall–Kier alpha value is -3.64. The summed E-state index contributed by atoms with van der Waals surface area (Å²) in [6, 6.07) is 27.3. The molecule has 4 aromatic rings. The molecule has 0 unspecified atom stereocenters. The van der Waals surface area contributed by atoms with Crippen LogP contribution in [0.4, 0.5) is 5.69 Å². The predicted molar refractivity (Wildman–Crippen MR) is 152 cm³/mol. The summed E-state index contributed by atoms with van der Waals surface area (Å²) < 4.78 is 8.58. The van der Waals surface area contributed by atoms with Gasteiger partial charge in [-0.1, -0.05) is 43.0 Å². The van der Waals surface area contributed by atoms with Crippen molar-refractivity contribution >= 4 is 23.0 Å². The van der Waals surface area contributed by atoms with Gasteiger partial charge >= 0.3 is 0 Å². The van der Waals surface area contributed by atoms with Crippen LogP contribution in [0.5, 0.6) is 11.5 Å². The number of ether oxygens (including phenoxy) is 1. The number of nitrogens with one attached hydrogen (secondary N) is 1. The van der Waals surface area contributed by atoms with Crippen LogP contribution in [0.2, 0.25) is 0 Å². The molecule has 3 heterocycles. The molecule has 2 aromatic heterocycles. The molecule has 0 spiro atoms. The Labute approximate surface area is 224 Å². The number of hydrogen-bond donors (Lipinski definition) is 1. The molecule has 2 aliphatic rings. The summed E-state index contributed by atoms with van der Waals surface area (Å²) in [5.41, 5.74) is 4.51. The van der Waals surface area contributed by atoms with Gasteiger partial charge in [-0.05, 0) is 92.6 Å². The molecule has 1 saturated heterocycles. The molecule has 2 aromatic carbocycles. The highest BCUT2D eigenvalue weighted by molar-refractivity contribution is 7.80. The second-order valence-corrected chi connectivity index (χ2v) is 10.4. The van der Waals surface area contributed by atoms with Gasteiger partial charge < -0.3 is 19.5 Å². The fraction of sp³-hybridized carbons (Fsp3) is 0.290. The summed E-state index contributed by atoms with van der Waals surface area (Å²) in [7, 11) is 0. The maximum absolute atomic E-state index is 6.08. The molecule has 6 rings (SSSR count). The van der Waals surface area contributed by atoms with Gasteiger partial charge in [-0.3, -0.25) is 4.98 Å². The zero-order valence-electron chi connectivity index (χ0n) is 21.1. The predicted octanol–water partition coefficient (Wildman–Crippen LogP) is 7.67. The second-order valence-electron chi connectivity index (χ2n) is 10.0. The number of pyridine rings is 1. The number of thiocarbonyl (C=S) groups is 1. The molecule has 1 N–H and O–H groups in total. The molecule has 0 amide bonds. The lowest BCUT2D eigenvalue weighted by Gasteiger charge is -2.32. The van der Waals surface area contributed by atoms with Crippen LogP contribution in [-0.2, 0) is 0 Å². The maximum Gasteiger partial charge on any atom is 0.174 e. The minimum absolute atomic E-state index is 0.0109. The highest BCUT2D eigenvalue weighted by Crippen LogP contribution is 2.43. The molecule has 2 fully saturated rings. The van der Waals surface area contributed by atoms with Crippen LogP contribution in [0.1, 0.15) is 67.2 Å². The lowest BCUT2D eigenvalue weighted by molar-refractivity contribution is 0.340. The van der Waals surface area contributed by atoms with Gasteiger partial charge in [0.15, 0.2) is 5.11 Å². The Morgan fingerprint density at radius 3 is 2.30 bits per heavy atom. The van der Waals surface area contributed by atoms with Crippen LogP contribution in [0.3, 0.4) is 0 Å². The second kappa shape index (κ2) is 10.4. The van der Waals surface area contributed by atoms with Crippen LogP contribution in [-0.4, -0.2) is 14.7 Å². The summed E-state index contributed by atoms with van der Waals surface area (Å²) in [5, 5.41) is 4.31. The maximum atomic E-state index is 6.08. The van der Waals surface area contributed by atoms with Crippen molar-refractivity contribution in [3.05, 3.63) is 108 Å². The topological polar surface area (TPSA) is 42.3 Å². The molecule has 0 radical (unpaired) electrons. The molecule has 5 nitrogen and oxygen atoms in total. The summed E-state index contributed by atoms with van der Waals surface area (Å²) in [4.78, 5) is 6.96. The quantitative estimate of drug-likeness (QED) is 0.271. The zero-order chi connectivity index (χ0) is 25.2. The highest BCUT2D eigenvalue weighted by atomic mass is 32.1. The van der Waals surface area contributed by atoms with Gasteiger partial charge in [0.1, 0.15) is 17.5 Å². The monoisotopic (exact) mass is 508 g/mol. The van der Waals surface area contributed by atoms with Crippen molar-refractivity contribution in [1.82, 2.24) is 14.9 Å². The molecule has 2 atom stereocenters.